The Morgan fingerprint density at radius 1 is 1.07 bits per heavy atom. The molecule has 0 fully saturated rings. The first-order chi connectivity index (χ1) is 14.1. The summed E-state index contributed by atoms with van der Waals surface area (Å²) in [5.74, 6) is 0.399. The van der Waals surface area contributed by atoms with Crippen LogP contribution in [-0.4, -0.2) is 35.5 Å². The van der Waals surface area contributed by atoms with Crippen LogP contribution < -0.4 is 20.8 Å². The van der Waals surface area contributed by atoms with Crippen LogP contribution in [0.1, 0.15) is 10.6 Å². The van der Waals surface area contributed by atoms with E-state index in [0.717, 1.165) is 22.6 Å². The summed E-state index contributed by atoms with van der Waals surface area (Å²) in [5.41, 5.74) is 3.90. The fraction of sp³-hybridized carbons (Fsp3) is 0.105. The Bertz CT molecular complexity index is 989. The predicted molar refractivity (Wildman–Crippen MR) is 111 cm³/mol. The van der Waals surface area contributed by atoms with Crippen LogP contribution in [0.2, 0.25) is 0 Å². The van der Waals surface area contributed by atoms with Crippen molar-refractivity contribution in [3.8, 4) is 5.75 Å². The summed E-state index contributed by atoms with van der Waals surface area (Å²) >= 11 is 1.11. The largest absolute Gasteiger partial charge is 0.497 e. The van der Waals surface area contributed by atoms with Gasteiger partial charge in [0.25, 0.3) is 0 Å². The summed E-state index contributed by atoms with van der Waals surface area (Å²) in [6.45, 7) is 0. The standard InChI is InChI=1S/C19H18N6O3S/c1-28-15-9-7-13(8-10-15)12-20-23-16(26)11-17-24-25-19(29-17)22-18(27)21-14-5-3-2-4-6-14/h2-10,12H,11H2,1H3,(H,23,26)(H2,21,22,25,27). The molecule has 0 aliphatic heterocycles. The number of para-hydroxylation sites is 1. The highest BCUT2D eigenvalue weighted by atomic mass is 32.1. The molecule has 29 heavy (non-hydrogen) atoms. The molecule has 0 saturated carbocycles. The van der Waals surface area contributed by atoms with Crippen molar-refractivity contribution in [2.75, 3.05) is 17.7 Å². The van der Waals surface area contributed by atoms with Crippen molar-refractivity contribution in [1.29, 1.82) is 0 Å². The molecule has 1 aromatic heterocycles. The van der Waals surface area contributed by atoms with Gasteiger partial charge in [0.1, 0.15) is 10.8 Å². The number of aromatic nitrogens is 2. The first-order valence-electron chi connectivity index (χ1n) is 8.54. The number of hydrogen-bond acceptors (Lipinski definition) is 7. The number of methoxy groups -OCH3 is 1. The fourth-order valence-corrected chi connectivity index (χ4v) is 2.94. The predicted octanol–water partition coefficient (Wildman–Crippen LogP) is 2.88. The molecule has 0 atom stereocenters. The van der Waals surface area contributed by atoms with E-state index in [9.17, 15) is 9.59 Å². The Hall–Kier alpha value is -3.79. The molecule has 0 aliphatic rings. The Balaban J connectivity index is 1.45. The van der Waals surface area contributed by atoms with E-state index in [1.807, 2.05) is 30.3 Å². The number of rotatable bonds is 7. The van der Waals surface area contributed by atoms with Crippen LogP contribution in [-0.2, 0) is 11.2 Å². The number of urea groups is 1. The van der Waals surface area contributed by atoms with Gasteiger partial charge in [0.15, 0.2) is 0 Å². The molecule has 0 spiro atoms. The normalized spacial score (nSPS) is 10.5. The molecule has 10 heteroatoms. The van der Waals surface area contributed by atoms with Gasteiger partial charge < -0.3 is 10.1 Å². The van der Waals surface area contributed by atoms with Gasteiger partial charge in [0.05, 0.1) is 19.7 Å². The van der Waals surface area contributed by atoms with Crippen LogP contribution in [0.4, 0.5) is 15.6 Å². The summed E-state index contributed by atoms with van der Waals surface area (Å²) in [5, 5.41) is 17.7. The minimum absolute atomic E-state index is 0.000393. The molecule has 0 aliphatic carbocycles. The van der Waals surface area contributed by atoms with Gasteiger partial charge in [-0.25, -0.2) is 10.2 Å². The number of carbonyl (C=O) groups excluding carboxylic acids is 2. The number of benzene rings is 2. The van der Waals surface area contributed by atoms with Gasteiger partial charge in [-0.2, -0.15) is 5.10 Å². The lowest BCUT2D eigenvalue weighted by Crippen LogP contribution is -2.19. The molecular weight excluding hydrogens is 392 g/mol. The van der Waals surface area contributed by atoms with E-state index in [-0.39, 0.29) is 12.3 Å². The first-order valence-corrected chi connectivity index (χ1v) is 9.35. The molecular formula is C19H18N6O3S. The molecule has 2 aromatic carbocycles. The average molecular weight is 410 g/mol. The summed E-state index contributed by atoms with van der Waals surface area (Å²) in [7, 11) is 1.59. The Labute approximate surface area is 170 Å². The van der Waals surface area contributed by atoms with Crippen molar-refractivity contribution < 1.29 is 14.3 Å². The highest BCUT2D eigenvalue weighted by Gasteiger charge is 2.11. The van der Waals surface area contributed by atoms with E-state index in [2.05, 4.69) is 31.4 Å². The monoisotopic (exact) mass is 410 g/mol. The molecule has 0 radical (unpaired) electrons. The molecule has 148 valence electrons. The summed E-state index contributed by atoms with van der Waals surface area (Å²) in [4.78, 5) is 23.9. The molecule has 3 rings (SSSR count). The molecule has 0 saturated heterocycles. The number of nitrogens with zero attached hydrogens (tertiary/aromatic N) is 3. The van der Waals surface area contributed by atoms with E-state index < -0.39 is 6.03 Å². The smallest absolute Gasteiger partial charge is 0.325 e. The number of carbonyl (C=O) groups is 2. The van der Waals surface area contributed by atoms with Crippen molar-refractivity contribution in [3.63, 3.8) is 0 Å². The summed E-state index contributed by atoms with van der Waals surface area (Å²) < 4.78 is 5.08. The van der Waals surface area contributed by atoms with Crippen LogP contribution >= 0.6 is 11.3 Å². The van der Waals surface area contributed by atoms with Crippen molar-refractivity contribution in [2.24, 2.45) is 5.10 Å². The molecule has 3 aromatic rings. The van der Waals surface area contributed by atoms with Crippen molar-refractivity contribution in [1.82, 2.24) is 15.6 Å². The fourth-order valence-electron chi connectivity index (χ4n) is 2.20. The van der Waals surface area contributed by atoms with E-state index in [1.54, 1.807) is 31.4 Å². The van der Waals surface area contributed by atoms with E-state index in [1.165, 1.54) is 6.21 Å². The molecule has 0 unspecified atom stereocenters. The number of amides is 3. The van der Waals surface area contributed by atoms with Gasteiger partial charge in [-0.3, -0.25) is 10.1 Å². The average Bonchev–Trinajstić information content (AvgIpc) is 3.15. The van der Waals surface area contributed by atoms with Crippen LogP contribution in [0.5, 0.6) is 5.75 Å². The maximum atomic E-state index is 12.0. The van der Waals surface area contributed by atoms with E-state index >= 15 is 0 Å². The first kappa shape index (κ1) is 20.0. The second kappa shape index (κ2) is 9.95. The highest BCUT2D eigenvalue weighted by molar-refractivity contribution is 7.15. The van der Waals surface area contributed by atoms with Crippen molar-refractivity contribution in [3.05, 3.63) is 65.2 Å². The molecule has 3 amide bonds. The molecule has 1 heterocycles. The van der Waals surface area contributed by atoms with Crippen LogP contribution in [0, 0.1) is 0 Å². The highest BCUT2D eigenvalue weighted by Crippen LogP contribution is 2.16. The number of nitrogens with one attached hydrogen (secondary N) is 3. The van der Waals surface area contributed by atoms with Crippen LogP contribution in [0.15, 0.2) is 59.7 Å². The zero-order valence-electron chi connectivity index (χ0n) is 15.5. The number of ether oxygens (including phenoxy) is 1. The Morgan fingerprint density at radius 2 is 1.83 bits per heavy atom. The zero-order chi connectivity index (χ0) is 20.5. The molecule has 0 bridgehead atoms. The lowest BCUT2D eigenvalue weighted by molar-refractivity contribution is -0.120. The van der Waals surface area contributed by atoms with Gasteiger partial charge in [0, 0.05) is 5.69 Å². The van der Waals surface area contributed by atoms with Crippen LogP contribution in [0.3, 0.4) is 0 Å². The number of hydrazone groups is 1. The third-order valence-corrected chi connectivity index (χ3v) is 4.39. The van der Waals surface area contributed by atoms with Crippen molar-refractivity contribution >= 4 is 40.3 Å². The third-order valence-electron chi connectivity index (χ3n) is 3.55. The summed E-state index contributed by atoms with van der Waals surface area (Å²) in [6, 6.07) is 15.8. The second-order valence-corrected chi connectivity index (χ2v) is 6.75. The van der Waals surface area contributed by atoms with E-state index in [4.69, 9.17) is 4.74 Å². The van der Waals surface area contributed by atoms with Crippen LogP contribution in [0.25, 0.3) is 0 Å². The minimum Gasteiger partial charge on any atom is -0.497 e. The maximum absolute atomic E-state index is 12.0. The van der Waals surface area contributed by atoms with Gasteiger partial charge in [-0.05, 0) is 42.0 Å². The van der Waals surface area contributed by atoms with Crippen molar-refractivity contribution in [2.45, 2.75) is 6.42 Å². The topological polar surface area (TPSA) is 118 Å². The SMILES string of the molecule is COc1ccc(C=NNC(=O)Cc2nnc(NC(=O)Nc3ccccc3)s2)cc1. The maximum Gasteiger partial charge on any atom is 0.325 e. The van der Waals surface area contributed by atoms with Gasteiger partial charge in [-0.1, -0.05) is 29.5 Å². The van der Waals surface area contributed by atoms with E-state index in [0.29, 0.717) is 15.8 Å². The Kier molecular flexibility index (Phi) is 6.85. The quantitative estimate of drug-likeness (QED) is 0.409. The summed E-state index contributed by atoms with van der Waals surface area (Å²) in [6.07, 6.45) is 1.53. The molecule has 3 N–H and O–H groups in total. The Morgan fingerprint density at radius 3 is 2.55 bits per heavy atom. The minimum atomic E-state index is -0.438. The number of hydrogen-bond donors (Lipinski definition) is 3. The third kappa shape index (κ3) is 6.40. The van der Waals surface area contributed by atoms with Gasteiger partial charge >= 0.3 is 6.03 Å². The lowest BCUT2D eigenvalue weighted by Gasteiger charge is -2.03. The number of anilines is 2. The zero-order valence-corrected chi connectivity index (χ0v) is 16.3. The van der Waals surface area contributed by atoms with Gasteiger partial charge in [0.2, 0.25) is 11.0 Å². The second-order valence-electron chi connectivity index (χ2n) is 5.69. The lowest BCUT2D eigenvalue weighted by atomic mass is 10.2. The van der Waals surface area contributed by atoms with Gasteiger partial charge in [-0.15, -0.1) is 10.2 Å². The molecule has 9 nitrogen and oxygen atoms in total.